The minimum atomic E-state index is -3.90. The van der Waals surface area contributed by atoms with Crippen LogP contribution in [-0.2, 0) is 14.8 Å². The molecule has 0 spiro atoms. The van der Waals surface area contributed by atoms with Gasteiger partial charge in [-0.15, -0.1) is 0 Å². The highest BCUT2D eigenvalue weighted by atomic mass is 32.2. The fourth-order valence-corrected chi connectivity index (χ4v) is 6.21. The summed E-state index contributed by atoms with van der Waals surface area (Å²) in [7, 11) is -3.90. The van der Waals surface area contributed by atoms with E-state index in [2.05, 4.69) is 5.16 Å². The third kappa shape index (κ3) is 5.39. The number of rotatable bonds is 7. The number of sulfonamides is 1. The van der Waals surface area contributed by atoms with Crippen LogP contribution in [0.1, 0.15) is 42.3 Å². The number of carbonyl (C=O) groups excluding carboxylic acids is 1. The minimum absolute atomic E-state index is 0.0554. The van der Waals surface area contributed by atoms with Gasteiger partial charge >= 0.3 is 0 Å². The van der Waals surface area contributed by atoms with Gasteiger partial charge in [-0.25, -0.2) is 8.42 Å². The quantitative estimate of drug-likeness (QED) is 0.467. The molecule has 2 heterocycles. The number of nitrogens with zero attached hydrogens (tertiary/aromatic N) is 3. The molecular formula is C27H31N3O4S. The van der Waals surface area contributed by atoms with Gasteiger partial charge in [0.25, 0.3) is 0 Å². The highest BCUT2D eigenvalue weighted by Gasteiger charge is 2.38. The molecular weight excluding hydrogens is 462 g/mol. The van der Waals surface area contributed by atoms with Crippen molar-refractivity contribution in [2.45, 2.75) is 38.5 Å². The summed E-state index contributed by atoms with van der Waals surface area (Å²) in [6, 6.07) is 17.4. The second kappa shape index (κ2) is 10.6. The lowest BCUT2D eigenvalue weighted by Gasteiger charge is -2.34. The van der Waals surface area contributed by atoms with Gasteiger partial charge in [0, 0.05) is 25.3 Å². The van der Waals surface area contributed by atoms with Crippen LogP contribution in [0.5, 0.6) is 0 Å². The number of hydrogen-bond donors (Lipinski definition) is 0. The third-order valence-electron chi connectivity index (χ3n) is 6.32. The lowest BCUT2D eigenvalue weighted by Crippen LogP contribution is -2.47. The van der Waals surface area contributed by atoms with Crippen molar-refractivity contribution in [2.75, 3.05) is 24.5 Å². The molecule has 0 bridgehead atoms. The Hall–Kier alpha value is -3.23. The number of benzene rings is 2. The van der Waals surface area contributed by atoms with Gasteiger partial charge in [0.1, 0.15) is 5.69 Å². The lowest BCUT2D eigenvalue weighted by molar-refractivity contribution is -0.123. The molecule has 0 unspecified atom stereocenters. The Morgan fingerprint density at radius 3 is 2.51 bits per heavy atom. The van der Waals surface area contributed by atoms with Gasteiger partial charge in [-0.3, -0.25) is 4.79 Å². The highest BCUT2D eigenvalue weighted by Crippen LogP contribution is 2.30. The number of anilines is 1. The van der Waals surface area contributed by atoms with Crippen LogP contribution in [0.2, 0.25) is 0 Å². The summed E-state index contributed by atoms with van der Waals surface area (Å²) in [6.07, 6.45) is 4.70. The van der Waals surface area contributed by atoms with Gasteiger partial charge in [0.2, 0.25) is 15.9 Å². The first kappa shape index (κ1) is 24.9. The molecule has 184 valence electrons. The molecule has 0 aliphatic carbocycles. The molecule has 3 aromatic rings. The van der Waals surface area contributed by atoms with E-state index in [0.717, 1.165) is 16.8 Å². The molecule has 0 N–H and O–H groups in total. The van der Waals surface area contributed by atoms with Crippen LogP contribution in [0, 0.1) is 19.8 Å². The fraction of sp³-hybridized carbons (Fsp3) is 0.333. The standard InChI is InChI=1S/C27H31N3O4S/c1-4-30(24-10-6-5-7-11-24)27(31)23-9-8-18-29(19-23)35(32,33)26-21(3)28-34-25(26)17-16-22-14-12-20(2)13-15-22/h5-7,10-17,23H,4,8-9,18-19H2,1-3H3/b17-16+/t23-/m0/s1. The Morgan fingerprint density at radius 1 is 1.11 bits per heavy atom. The van der Waals surface area contributed by atoms with E-state index in [0.29, 0.717) is 31.6 Å². The maximum absolute atomic E-state index is 13.7. The summed E-state index contributed by atoms with van der Waals surface area (Å²) in [5.74, 6) is -0.276. The summed E-state index contributed by atoms with van der Waals surface area (Å²) in [4.78, 5) is 15.2. The Bertz CT molecular complexity index is 1300. The average Bonchev–Trinajstić information content (AvgIpc) is 3.26. The fourth-order valence-electron chi connectivity index (χ4n) is 4.43. The number of amides is 1. The largest absolute Gasteiger partial charge is 0.355 e. The number of para-hydroxylation sites is 1. The first-order chi connectivity index (χ1) is 16.8. The SMILES string of the molecule is CCN(C(=O)[C@H]1CCCN(S(=O)(=O)c2c(C)noc2/C=C/c2ccc(C)cc2)C1)c1ccccc1. The monoisotopic (exact) mass is 493 g/mol. The van der Waals surface area contributed by atoms with E-state index in [1.807, 2.05) is 68.4 Å². The Kier molecular flexibility index (Phi) is 7.52. The molecule has 1 atom stereocenters. The van der Waals surface area contributed by atoms with Crippen molar-refractivity contribution in [2.24, 2.45) is 5.92 Å². The molecule has 0 saturated carbocycles. The summed E-state index contributed by atoms with van der Waals surface area (Å²) in [5, 5.41) is 3.93. The van der Waals surface area contributed by atoms with Gasteiger partial charge in [-0.1, -0.05) is 59.3 Å². The zero-order valence-electron chi connectivity index (χ0n) is 20.3. The minimum Gasteiger partial charge on any atom is -0.355 e. The highest BCUT2D eigenvalue weighted by molar-refractivity contribution is 7.89. The number of hydrogen-bond acceptors (Lipinski definition) is 5. The van der Waals surface area contributed by atoms with Crippen molar-refractivity contribution in [1.82, 2.24) is 9.46 Å². The number of aryl methyl sites for hydroxylation is 2. The molecule has 1 aliphatic heterocycles. The number of aromatic nitrogens is 1. The van der Waals surface area contributed by atoms with Crippen LogP contribution in [0.4, 0.5) is 5.69 Å². The summed E-state index contributed by atoms with van der Waals surface area (Å²) in [5.41, 5.74) is 3.20. The van der Waals surface area contributed by atoms with Crippen molar-refractivity contribution in [1.29, 1.82) is 0 Å². The number of carbonyl (C=O) groups is 1. The molecule has 2 aromatic carbocycles. The summed E-state index contributed by atoms with van der Waals surface area (Å²) < 4.78 is 34.2. The van der Waals surface area contributed by atoms with E-state index in [1.54, 1.807) is 24.0 Å². The van der Waals surface area contributed by atoms with E-state index in [4.69, 9.17) is 4.52 Å². The molecule has 1 aromatic heterocycles. The van der Waals surface area contributed by atoms with Crippen LogP contribution >= 0.6 is 0 Å². The predicted octanol–water partition coefficient (Wildman–Crippen LogP) is 4.92. The van der Waals surface area contributed by atoms with E-state index in [9.17, 15) is 13.2 Å². The smallest absolute Gasteiger partial charge is 0.248 e. The molecule has 1 aliphatic rings. The van der Waals surface area contributed by atoms with Crippen LogP contribution in [0.15, 0.2) is 64.0 Å². The van der Waals surface area contributed by atoms with Gasteiger partial charge in [-0.2, -0.15) is 4.31 Å². The lowest BCUT2D eigenvalue weighted by atomic mass is 9.97. The predicted molar refractivity (Wildman–Crippen MR) is 137 cm³/mol. The molecule has 7 nitrogen and oxygen atoms in total. The normalized spacial score (nSPS) is 17.1. The Balaban J connectivity index is 1.57. The molecule has 1 fully saturated rings. The van der Waals surface area contributed by atoms with Crippen molar-refractivity contribution in [3.8, 4) is 0 Å². The van der Waals surface area contributed by atoms with E-state index < -0.39 is 15.9 Å². The molecule has 35 heavy (non-hydrogen) atoms. The van der Waals surface area contributed by atoms with Crippen molar-refractivity contribution < 1.29 is 17.7 Å². The molecule has 1 saturated heterocycles. The van der Waals surface area contributed by atoms with Crippen molar-refractivity contribution >= 4 is 33.8 Å². The maximum Gasteiger partial charge on any atom is 0.248 e. The van der Waals surface area contributed by atoms with Crippen LogP contribution < -0.4 is 4.90 Å². The van der Waals surface area contributed by atoms with E-state index in [1.165, 1.54) is 4.31 Å². The summed E-state index contributed by atoms with van der Waals surface area (Å²) in [6.45, 7) is 6.57. The summed E-state index contributed by atoms with van der Waals surface area (Å²) >= 11 is 0. The van der Waals surface area contributed by atoms with Crippen molar-refractivity contribution in [3.05, 3.63) is 77.2 Å². The zero-order valence-corrected chi connectivity index (χ0v) is 21.2. The van der Waals surface area contributed by atoms with Crippen molar-refractivity contribution in [3.63, 3.8) is 0 Å². The first-order valence-corrected chi connectivity index (χ1v) is 13.3. The number of piperidine rings is 1. The average molecular weight is 494 g/mol. The van der Waals surface area contributed by atoms with Crippen LogP contribution in [0.3, 0.4) is 0 Å². The van der Waals surface area contributed by atoms with E-state index in [-0.39, 0.29) is 23.1 Å². The Morgan fingerprint density at radius 2 is 1.83 bits per heavy atom. The molecule has 4 rings (SSSR count). The molecule has 0 radical (unpaired) electrons. The molecule has 8 heteroatoms. The van der Waals surface area contributed by atoms with Gasteiger partial charge in [0.15, 0.2) is 10.7 Å². The molecule has 1 amide bonds. The Labute approximate surface area is 207 Å². The second-order valence-corrected chi connectivity index (χ2v) is 10.7. The zero-order chi connectivity index (χ0) is 25.0. The van der Waals surface area contributed by atoms with E-state index >= 15 is 0 Å². The van der Waals surface area contributed by atoms with Gasteiger partial charge in [0.05, 0.1) is 5.92 Å². The topological polar surface area (TPSA) is 83.7 Å². The van der Waals surface area contributed by atoms with Gasteiger partial charge < -0.3 is 9.42 Å². The van der Waals surface area contributed by atoms with Gasteiger partial charge in [-0.05, 0) is 57.4 Å². The first-order valence-electron chi connectivity index (χ1n) is 11.9. The maximum atomic E-state index is 13.7. The van der Waals surface area contributed by atoms with Crippen LogP contribution in [0.25, 0.3) is 12.2 Å². The van der Waals surface area contributed by atoms with Crippen LogP contribution in [-0.4, -0.2) is 43.4 Å². The second-order valence-electron chi connectivity index (χ2n) is 8.83. The third-order valence-corrected chi connectivity index (χ3v) is 8.34.